The van der Waals surface area contributed by atoms with E-state index in [0.29, 0.717) is 23.0 Å². The molecule has 1 aliphatic rings. The Kier molecular flexibility index (Phi) is 5.43. The monoisotopic (exact) mass is 316 g/mol. The second-order valence-electron chi connectivity index (χ2n) is 5.26. The summed E-state index contributed by atoms with van der Waals surface area (Å²) in [5.41, 5.74) is 0.598. The Bertz CT molecular complexity index is 554. The van der Waals surface area contributed by atoms with Gasteiger partial charge in [0.05, 0.1) is 4.90 Å². The van der Waals surface area contributed by atoms with Gasteiger partial charge in [-0.2, -0.15) is 0 Å². The topological polar surface area (TPSA) is 58.2 Å². The molecule has 0 bridgehead atoms. The number of sulfonamides is 1. The Hall–Kier alpha value is -0.620. The molecule has 1 atom stereocenters. The average Bonchev–Trinajstić information content (AvgIpc) is 2.42. The number of piperidine rings is 1. The summed E-state index contributed by atoms with van der Waals surface area (Å²) in [5, 5.41) is 3.81. The first-order valence-corrected chi connectivity index (χ1v) is 8.82. The van der Waals surface area contributed by atoms with E-state index in [0.717, 1.165) is 19.5 Å². The van der Waals surface area contributed by atoms with E-state index in [-0.39, 0.29) is 4.90 Å². The normalized spacial score (nSPS) is 20.0. The molecule has 1 fully saturated rings. The molecular formula is C14H21ClN2O2S. The lowest BCUT2D eigenvalue weighted by atomic mass is 9.96. The van der Waals surface area contributed by atoms with Gasteiger partial charge in [0.2, 0.25) is 10.0 Å². The summed E-state index contributed by atoms with van der Waals surface area (Å²) in [6.45, 7) is 4.25. The summed E-state index contributed by atoms with van der Waals surface area (Å²) in [6, 6.07) is 4.95. The van der Waals surface area contributed by atoms with Crippen LogP contribution in [-0.2, 0) is 10.0 Å². The molecule has 0 saturated carbocycles. The van der Waals surface area contributed by atoms with Crippen LogP contribution in [0.1, 0.15) is 24.8 Å². The molecule has 1 aromatic carbocycles. The van der Waals surface area contributed by atoms with Crippen LogP contribution in [0.4, 0.5) is 0 Å². The van der Waals surface area contributed by atoms with Crippen LogP contribution in [0.2, 0.25) is 5.02 Å². The van der Waals surface area contributed by atoms with Crippen LogP contribution in [0, 0.1) is 12.8 Å². The Morgan fingerprint density at radius 1 is 1.45 bits per heavy atom. The number of hydrogen-bond acceptors (Lipinski definition) is 3. The van der Waals surface area contributed by atoms with Crippen molar-refractivity contribution < 1.29 is 8.42 Å². The van der Waals surface area contributed by atoms with Gasteiger partial charge in [0.1, 0.15) is 0 Å². The SMILES string of the molecule is Cc1c(Cl)cccc1S(=O)(=O)NCCC1CCCNC1. The van der Waals surface area contributed by atoms with E-state index in [1.807, 2.05) is 0 Å². The number of nitrogens with one attached hydrogen (secondary N) is 2. The van der Waals surface area contributed by atoms with Crippen LogP contribution >= 0.6 is 11.6 Å². The van der Waals surface area contributed by atoms with Gasteiger partial charge in [-0.1, -0.05) is 17.7 Å². The maximum absolute atomic E-state index is 12.3. The van der Waals surface area contributed by atoms with Crippen LogP contribution in [0.25, 0.3) is 0 Å². The third-order valence-corrected chi connectivity index (χ3v) is 5.77. The first-order valence-electron chi connectivity index (χ1n) is 6.96. The molecule has 4 nitrogen and oxygen atoms in total. The highest BCUT2D eigenvalue weighted by atomic mass is 35.5. The molecule has 1 unspecified atom stereocenters. The van der Waals surface area contributed by atoms with Crippen molar-refractivity contribution in [2.75, 3.05) is 19.6 Å². The molecule has 20 heavy (non-hydrogen) atoms. The zero-order valence-electron chi connectivity index (χ0n) is 11.7. The second kappa shape index (κ2) is 6.89. The molecule has 1 aliphatic heterocycles. The Morgan fingerprint density at radius 2 is 2.25 bits per heavy atom. The summed E-state index contributed by atoms with van der Waals surface area (Å²) >= 11 is 5.98. The van der Waals surface area contributed by atoms with Gasteiger partial charge in [-0.05, 0) is 62.9 Å². The van der Waals surface area contributed by atoms with E-state index >= 15 is 0 Å². The van der Waals surface area contributed by atoms with Gasteiger partial charge in [0, 0.05) is 11.6 Å². The summed E-state index contributed by atoms with van der Waals surface area (Å²) in [5.74, 6) is 0.562. The summed E-state index contributed by atoms with van der Waals surface area (Å²) in [4.78, 5) is 0.270. The van der Waals surface area contributed by atoms with E-state index in [2.05, 4.69) is 10.0 Å². The van der Waals surface area contributed by atoms with Crippen LogP contribution < -0.4 is 10.0 Å². The largest absolute Gasteiger partial charge is 0.316 e. The third-order valence-electron chi connectivity index (χ3n) is 3.75. The van der Waals surface area contributed by atoms with Crippen molar-refractivity contribution in [3.63, 3.8) is 0 Å². The molecule has 0 amide bonds. The number of benzene rings is 1. The number of halogens is 1. The van der Waals surface area contributed by atoms with Crippen LogP contribution in [0.15, 0.2) is 23.1 Å². The maximum Gasteiger partial charge on any atom is 0.240 e. The molecule has 2 rings (SSSR count). The minimum absolute atomic E-state index is 0.270. The number of rotatable bonds is 5. The van der Waals surface area contributed by atoms with Gasteiger partial charge in [-0.15, -0.1) is 0 Å². The average molecular weight is 317 g/mol. The van der Waals surface area contributed by atoms with Gasteiger partial charge in [0.15, 0.2) is 0 Å². The Morgan fingerprint density at radius 3 is 2.95 bits per heavy atom. The van der Waals surface area contributed by atoms with Gasteiger partial charge in [0.25, 0.3) is 0 Å². The molecule has 2 N–H and O–H groups in total. The summed E-state index contributed by atoms with van der Waals surface area (Å²) in [7, 11) is -3.47. The lowest BCUT2D eigenvalue weighted by molar-refractivity contribution is 0.358. The van der Waals surface area contributed by atoms with Crippen molar-refractivity contribution in [2.24, 2.45) is 5.92 Å². The Labute approximate surface area is 126 Å². The second-order valence-corrected chi connectivity index (χ2v) is 7.40. The molecule has 0 aliphatic carbocycles. The van der Waals surface area contributed by atoms with Crippen molar-refractivity contribution in [3.05, 3.63) is 28.8 Å². The van der Waals surface area contributed by atoms with Crippen molar-refractivity contribution in [2.45, 2.75) is 31.1 Å². The minimum atomic E-state index is -3.47. The van der Waals surface area contributed by atoms with Crippen molar-refractivity contribution in [1.29, 1.82) is 0 Å². The standard InChI is InChI=1S/C14H21ClN2O2S/c1-11-13(15)5-2-6-14(11)20(18,19)17-9-7-12-4-3-8-16-10-12/h2,5-6,12,16-17H,3-4,7-10H2,1H3. The smallest absolute Gasteiger partial charge is 0.240 e. The van der Waals surface area contributed by atoms with E-state index in [1.54, 1.807) is 25.1 Å². The molecule has 1 aromatic rings. The fourth-order valence-corrected chi connectivity index (χ4v) is 4.07. The van der Waals surface area contributed by atoms with E-state index < -0.39 is 10.0 Å². The minimum Gasteiger partial charge on any atom is -0.316 e. The molecule has 1 saturated heterocycles. The van der Waals surface area contributed by atoms with Gasteiger partial charge in [-0.3, -0.25) is 0 Å². The molecule has 6 heteroatoms. The van der Waals surface area contributed by atoms with Crippen molar-refractivity contribution in [3.8, 4) is 0 Å². The molecule has 0 spiro atoms. The lowest BCUT2D eigenvalue weighted by Crippen LogP contribution is -2.33. The van der Waals surface area contributed by atoms with Crippen LogP contribution in [-0.4, -0.2) is 28.1 Å². The van der Waals surface area contributed by atoms with E-state index in [9.17, 15) is 8.42 Å². The predicted molar refractivity (Wildman–Crippen MR) is 81.6 cm³/mol. The van der Waals surface area contributed by atoms with Crippen LogP contribution in [0.5, 0.6) is 0 Å². The number of hydrogen-bond donors (Lipinski definition) is 2. The third kappa shape index (κ3) is 3.95. The highest BCUT2D eigenvalue weighted by molar-refractivity contribution is 7.89. The Balaban J connectivity index is 1.95. The molecule has 1 heterocycles. The van der Waals surface area contributed by atoms with Crippen molar-refractivity contribution in [1.82, 2.24) is 10.0 Å². The predicted octanol–water partition coefficient (Wildman–Crippen LogP) is 2.32. The lowest BCUT2D eigenvalue weighted by Gasteiger charge is -2.22. The zero-order valence-corrected chi connectivity index (χ0v) is 13.2. The molecule has 0 aromatic heterocycles. The fourth-order valence-electron chi connectivity index (χ4n) is 2.52. The maximum atomic E-state index is 12.3. The quantitative estimate of drug-likeness (QED) is 0.876. The van der Waals surface area contributed by atoms with Crippen molar-refractivity contribution >= 4 is 21.6 Å². The summed E-state index contributed by atoms with van der Waals surface area (Å²) < 4.78 is 27.2. The zero-order chi connectivity index (χ0) is 14.6. The van der Waals surface area contributed by atoms with Crippen LogP contribution in [0.3, 0.4) is 0 Å². The van der Waals surface area contributed by atoms with E-state index in [1.165, 1.54) is 12.8 Å². The van der Waals surface area contributed by atoms with Gasteiger partial charge < -0.3 is 5.32 Å². The van der Waals surface area contributed by atoms with Gasteiger partial charge >= 0.3 is 0 Å². The van der Waals surface area contributed by atoms with E-state index in [4.69, 9.17) is 11.6 Å². The molecular weight excluding hydrogens is 296 g/mol. The highest BCUT2D eigenvalue weighted by Gasteiger charge is 2.19. The highest BCUT2D eigenvalue weighted by Crippen LogP contribution is 2.22. The first-order chi connectivity index (χ1) is 9.50. The van der Waals surface area contributed by atoms with Gasteiger partial charge in [-0.25, -0.2) is 13.1 Å². The molecule has 0 radical (unpaired) electrons. The molecule has 112 valence electrons. The summed E-state index contributed by atoms with van der Waals surface area (Å²) in [6.07, 6.45) is 3.21. The first kappa shape index (κ1) is 15.8. The fraction of sp³-hybridized carbons (Fsp3) is 0.571.